The predicted molar refractivity (Wildman–Crippen MR) is 150 cm³/mol. The van der Waals surface area contributed by atoms with E-state index >= 15 is 0 Å². The summed E-state index contributed by atoms with van der Waals surface area (Å²) in [6.07, 6.45) is 0. The molecule has 1 aliphatic heterocycles. The Morgan fingerprint density at radius 3 is 2.00 bits per heavy atom. The van der Waals surface area contributed by atoms with Crippen LogP contribution in [-0.4, -0.2) is 18.3 Å². The highest BCUT2D eigenvalue weighted by molar-refractivity contribution is 6.64. The molecule has 176 valence electrons. The van der Waals surface area contributed by atoms with Crippen LogP contribution < -0.4 is 5.46 Å². The average Bonchev–Trinajstić information content (AvgIpc) is 3.35. The molecule has 3 nitrogen and oxygen atoms in total. The molecule has 1 aliphatic rings. The Labute approximate surface area is 210 Å². The molecule has 0 aliphatic carbocycles. The van der Waals surface area contributed by atoms with Crippen molar-refractivity contribution in [2.45, 2.75) is 38.9 Å². The third-order valence-electron chi connectivity index (χ3n) is 8.10. The number of hydrogen-bond acceptors (Lipinski definition) is 3. The smallest absolute Gasteiger partial charge is 0.456 e. The lowest BCUT2D eigenvalue weighted by Crippen LogP contribution is -2.41. The fraction of sp³-hybridized carbons (Fsp3) is 0.188. The minimum absolute atomic E-state index is 0.412. The fourth-order valence-electron chi connectivity index (χ4n) is 5.39. The predicted octanol–water partition coefficient (Wildman–Crippen LogP) is 7.86. The summed E-state index contributed by atoms with van der Waals surface area (Å²) < 4.78 is 19.4. The molecule has 0 bridgehead atoms. The molecule has 5 aromatic carbocycles. The Balaban J connectivity index is 1.45. The summed E-state index contributed by atoms with van der Waals surface area (Å²) in [7, 11) is -0.454. The summed E-state index contributed by atoms with van der Waals surface area (Å²) in [5.41, 5.74) is 4.18. The minimum atomic E-state index is -0.454. The molecule has 7 rings (SSSR count). The summed E-state index contributed by atoms with van der Waals surface area (Å²) in [4.78, 5) is 0. The zero-order valence-electron chi connectivity index (χ0n) is 21.0. The molecular formula is C32H27BO3. The molecule has 36 heavy (non-hydrogen) atoms. The van der Waals surface area contributed by atoms with Crippen molar-refractivity contribution in [3.05, 3.63) is 91.0 Å². The molecule has 6 aromatic rings. The quantitative estimate of drug-likeness (QED) is 0.242. The Bertz CT molecular complexity index is 1800. The maximum absolute atomic E-state index is 6.50. The van der Waals surface area contributed by atoms with Crippen LogP contribution >= 0.6 is 0 Å². The highest BCUT2D eigenvalue weighted by Crippen LogP contribution is 2.39. The summed E-state index contributed by atoms with van der Waals surface area (Å²) >= 11 is 0. The first kappa shape index (κ1) is 21.7. The molecular weight excluding hydrogens is 443 g/mol. The lowest BCUT2D eigenvalue weighted by atomic mass is 9.73. The van der Waals surface area contributed by atoms with Crippen LogP contribution in [0.3, 0.4) is 0 Å². The van der Waals surface area contributed by atoms with Crippen molar-refractivity contribution in [3.63, 3.8) is 0 Å². The van der Waals surface area contributed by atoms with Crippen molar-refractivity contribution < 1.29 is 13.7 Å². The van der Waals surface area contributed by atoms with Gasteiger partial charge in [0, 0.05) is 10.8 Å². The van der Waals surface area contributed by atoms with Crippen LogP contribution in [0.4, 0.5) is 0 Å². The Morgan fingerprint density at radius 2 is 1.25 bits per heavy atom. The largest absolute Gasteiger partial charge is 0.495 e. The average molecular weight is 470 g/mol. The highest BCUT2D eigenvalue weighted by Gasteiger charge is 2.52. The topological polar surface area (TPSA) is 31.6 Å². The van der Waals surface area contributed by atoms with E-state index in [4.69, 9.17) is 13.7 Å². The molecule has 0 N–H and O–H groups in total. The van der Waals surface area contributed by atoms with Gasteiger partial charge in [-0.15, -0.1) is 0 Å². The molecule has 0 amide bonds. The van der Waals surface area contributed by atoms with Crippen LogP contribution in [0.25, 0.3) is 54.6 Å². The van der Waals surface area contributed by atoms with Gasteiger partial charge in [-0.3, -0.25) is 0 Å². The van der Waals surface area contributed by atoms with Gasteiger partial charge >= 0.3 is 7.12 Å². The van der Waals surface area contributed by atoms with Crippen LogP contribution in [0.5, 0.6) is 0 Å². The van der Waals surface area contributed by atoms with Crippen LogP contribution in [-0.2, 0) is 9.31 Å². The molecule has 0 spiro atoms. The van der Waals surface area contributed by atoms with E-state index in [1.54, 1.807) is 0 Å². The monoisotopic (exact) mass is 470 g/mol. The van der Waals surface area contributed by atoms with Crippen LogP contribution in [0.1, 0.15) is 27.7 Å². The lowest BCUT2D eigenvalue weighted by Gasteiger charge is -2.32. The molecule has 1 fully saturated rings. The molecule has 0 atom stereocenters. The Kier molecular flexibility index (Phi) is 4.49. The number of rotatable bonds is 2. The van der Waals surface area contributed by atoms with Crippen molar-refractivity contribution in [1.29, 1.82) is 0 Å². The first-order valence-electron chi connectivity index (χ1n) is 12.5. The highest BCUT2D eigenvalue weighted by atomic mass is 16.7. The molecule has 0 saturated carbocycles. The van der Waals surface area contributed by atoms with Crippen LogP contribution in [0.15, 0.2) is 95.4 Å². The van der Waals surface area contributed by atoms with Crippen molar-refractivity contribution in [3.8, 4) is 11.1 Å². The maximum atomic E-state index is 6.50. The van der Waals surface area contributed by atoms with Crippen molar-refractivity contribution in [2.24, 2.45) is 0 Å². The van der Waals surface area contributed by atoms with E-state index in [9.17, 15) is 0 Å². The summed E-state index contributed by atoms with van der Waals surface area (Å²) in [6.45, 7) is 8.38. The summed E-state index contributed by atoms with van der Waals surface area (Å²) in [6, 6.07) is 32.1. The zero-order valence-corrected chi connectivity index (χ0v) is 21.0. The first-order valence-corrected chi connectivity index (χ1v) is 12.5. The van der Waals surface area contributed by atoms with Gasteiger partial charge in [-0.1, -0.05) is 66.7 Å². The van der Waals surface area contributed by atoms with E-state index in [1.165, 1.54) is 26.9 Å². The summed E-state index contributed by atoms with van der Waals surface area (Å²) in [5.74, 6) is 0. The zero-order chi connectivity index (χ0) is 24.7. The van der Waals surface area contributed by atoms with E-state index in [2.05, 4.69) is 119 Å². The fourth-order valence-corrected chi connectivity index (χ4v) is 5.39. The Hall–Kier alpha value is -3.60. The van der Waals surface area contributed by atoms with Crippen molar-refractivity contribution in [1.82, 2.24) is 0 Å². The van der Waals surface area contributed by atoms with E-state index < -0.39 is 18.3 Å². The van der Waals surface area contributed by atoms with Crippen LogP contribution in [0, 0.1) is 0 Å². The minimum Gasteiger partial charge on any atom is -0.456 e. The standard InChI is InChI=1S/C32H27BO3/c1-31(2)32(3,4)36-33(35-31)27-18-22-11-6-5-10-21(22)17-26(27)23-13-15-25-29(19-23)34-28-16-14-20-9-7-8-12-24(20)30(25)28/h5-19H,1-4H3. The summed E-state index contributed by atoms with van der Waals surface area (Å²) in [5, 5.41) is 7.08. The SMILES string of the molecule is CC1(C)OB(c2cc3ccccc3cc2-c2ccc3c(c2)oc2ccc4ccccc4c23)OC1(C)C. The number of hydrogen-bond donors (Lipinski definition) is 0. The van der Waals surface area contributed by atoms with Gasteiger partial charge in [0.25, 0.3) is 0 Å². The van der Waals surface area contributed by atoms with Crippen molar-refractivity contribution >= 4 is 56.1 Å². The Morgan fingerprint density at radius 1 is 0.583 bits per heavy atom. The molecule has 1 aromatic heterocycles. The normalized spacial score (nSPS) is 17.1. The molecule has 0 radical (unpaired) electrons. The van der Waals surface area contributed by atoms with E-state index in [1.807, 2.05) is 0 Å². The molecule has 2 heterocycles. The van der Waals surface area contributed by atoms with Gasteiger partial charge in [0.05, 0.1) is 11.2 Å². The van der Waals surface area contributed by atoms with Crippen molar-refractivity contribution in [2.75, 3.05) is 0 Å². The van der Waals surface area contributed by atoms with Gasteiger partial charge in [-0.25, -0.2) is 0 Å². The van der Waals surface area contributed by atoms with Gasteiger partial charge in [-0.2, -0.15) is 0 Å². The van der Waals surface area contributed by atoms with Crippen LogP contribution in [0.2, 0.25) is 0 Å². The third kappa shape index (κ3) is 3.15. The number of fused-ring (bicyclic) bond motifs is 6. The maximum Gasteiger partial charge on any atom is 0.495 e. The third-order valence-corrected chi connectivity index (χ3v) is 8.10. The molecule has 1 saturated heterocycles. The second-order valence-corrected chi connectivity index (χ2v) is 10.8. The van der Waals surface area contributed by atoms with E-state index in [-0.39, 0.29) is 0 Å². The molecule has 4 heteroatoms. The van der Waals surface area contributed by atoms with Gasteiger partial charge in [0.15, 0.2) is 0 Å². The first-order chi connectivity index (χ1) is 17.3. The van der Waals surface area contributed by atoms with Gasteiger partial charge in [0.1, 0.15) is 11.2 Å². The lowest BCUT2D eigenvalue weighted by molar-refractivity contribution is 0.00578. The number of benzene rings is 5. The molecule has 0 unspecified atom stereocenters. The second-order valence-electron chi connectivity index (χ2n) is 10.8. The van der Waals surface area contributed by atoms with E-state index in [0.717, 1.165) is 33.1 Å². The van der Waals surface area contributed by atoms with E-state index in [0.29, 0.717) is 0 Å². The van der Waals surface area contributed by atoms with Gasteiger partial charge in [-0.05, 0) is 90.1 Å². The second kappa shape index (κ2) is 7.46. The van der Waals surface area contributed by atoms with Gasteiger partial charge < -0.3 is 13.7 Å². The number of furan rings is 1. The van der Waals surface area contributed by atoms with Gasteiger partial charge in [0.2, 0.25) is 0 Å².